The quantitative estimate of drug-likeness (QED) is 0.757. The summed E-state index contributed by atoms with van der Waals surface area (Å²) in [5.41, 5.74) is 1.77. The van der Waals surface area contributed by atoms with Crippen LogP contribution in [0, 0.1) is 0 Å². The molecule has 0 aromatic heterocycles. The summed E-state index contributed by atoms with van der Waals surface area (Å²) < 4.78 is 22.7. The lowest BCUT2D eigenvalue weighted by molar-refractivity contribution is -0.0142. The summed E-state index contributed by atoms with van der Waals surface area (Å²) >= 11 is 3.17. The van der Waals surface area contributed by atoms with Crippen molar-refractivity contribution in [2.75, 3.05) is 6.26 Å². The van der Waals surface area contributed by atoms with Gasteiger partial charge in [-0.05, 0) is 29.8 Å². The second-order valence-corrected chi connectivity index (χ2v) is 5.88. The summed E-state index contributed by atoms with van der Waals surface area (Å²) in [6.07, 6.45) is 1.13. The summed E-state index contributed by atoms with van der Waals surface area (Å²) in [6.45, 7) is 3.53. The third kappa shape index (κ3) is 1.65. The molecule has 1 heterocycles. The van der Waals surface area contributed by atoms with Crippen LogP contribution in [0.1, 0.15) is 13.8 Å². The molecule has 1 aliphatic rings. The Kier molecular flexibility index (Phi) is 2.26. The summed E-state index contributed by atoms with van der Waals surface area (Å²) in [6, 6.07) is 0. The minimum atomic E-state index is -3.23. The molecule has 0 aromatic carbocycles. The molecule has 4 nitrogen and oxygen atoms in total. The van der Waals surface area contributed by atoms with Gasteiger partial charge < -0.3 is 0 Å². The molecule has 1 rings (SSSR count). The van der Waals surface area contributed by atoms with Gasteiger partial charge in [0.2, 0.25) is 0 Å². The fraction of sp³-hybridized carbons (Fsp3) is 0.667. The highest BCUT2D eigenvalue weighted by Crippen LogP contribution is 2.34. The van der Waals surface area contributed by atoms with Crippen LogP contribution in [-0.4, -0.2) is 20.3 Å². The van der Waals surface area contributed by atoms with Crippen LogP contribution in [0.4, 0.5) is 0 Å². The van der Waals surface area contributed by atoms with E-state index in [4.69, 9.17) is 4.84 Å². The average molecular weight is 256 g/mol. The van der Waals surface area contributed by atoms with Gasteiger partial charge in [0.15, 0.2) is 14.9 Å². The van der Waals surface area contributed by atoms with Crippen LogP contribution >= 0.6 is 15.9 Å². The van der Waals surface area contributed by atoms with E-state index in [1.54, 1.807) is 13.8 Å². The summed E-state index contributed by atoms with van der Waals surface area (Å²) in [5.74, 6) is 0. The SMILES string of the molecule is CC1(C)ONC(S(C)(=O)=O)=C1Br. The Bertz CT molecular complexity index is 331. The average Bonchev–Trinajstić information content (AvgIpc) is 2.06. The first-order chi connectivity index (χ1) is 5.25. The molecule has 1 aliphatic heterocycles. The van der Waals surface area contributed by atoms with Crippen LogP contribution in [0.5, 0.6) is 0 Å². The van der Waals surface area contributed by atoms with Gasteiger partial charge in [-0.1, -0.05) is 0 Å². The van der Waals surface area contributed by atoms with Crippen molar-refractivity contribution < 1.29 is 13.3 Å². The van der Waals surface area contributed by atoms with Gasteiger partial charge in [-0.25, -0.2) is 8.42 Å². The van der Waals surface area contributed by atoms with E-state index in [1.165, 1.54) is 0 Å². The van der Waals surface area contributed by atoms with E-state index in [-0.39, 0.29) is 5.03 Å². The van der Waals surface area contributed by atoms with Gasteiger partial charge in [0.05, 0.1) is 4.48 Å². The number of sulfone groups is 1. The van der Waals surface area contributed by atoms with Crippen LogP contribution in [0.15, 0.2) is 9.51 Å². The van der Waals surface area contributed by atoms with E-state index in [0.29, 0.717) is 4.48 Å². The highest BCUT2D eigenvalue weighted by Gasteiger charge is 2.36. The molecule has 0 saturated heterocycles. The molecule has 0 aliphatic carbocycles. The third-order valence-electron chi connectivity index (χ3n) is 1.50. The smallest absolute Gasteiger partial charge is 0.193 e. The van der Waals surface area contributed by atoms with Crippen molar-refractivity contribution in [2.24, 2.45) is 0 Å². The second kappa shape index (κ2) is 2.71. The van der Waals surface area contributed by atoms with Crippen molar-refractivity contribution in [2.45, 2.75) is 19.4 Å². The molecular weight excluding hydrogens is 246 g/mol. The topological polar surface area (TPSA) is 55.4 Å². The van der Waals surface area contributed by atoms with Crippen LogP contribution in [-0.2, 0) is 14.7 Å². The van der Waals surface area contributed by atoms with Crippen LogP contribution < -0.4 is 5.48 Å². The highest BCUT2D eigenvalue weighted by molar-refractivity contribution is 9.11. The molecule has 0 fully saturated rings. The number of rotatable bonds is 1. The summed E-state index contributed by atoms with van der Waals surface area (Å²) in [7, 11) is -3.23. The van der Waals surface area contributed by atoms with Gasteiger partial charge >= 0.3 is 0 Å². The van der Waals surface area contributed by atoms with Crippen LogP contribution in [0.3, 0.4) is 0 Å². The Hall–Kier alpha value is -0.0700. The molecule has 12 heavy (non-hydrogen) atoms. The zero-order chi connectivity index (χ0) is 9.57. The van der Waals surface area contributed by atoms with Gasteiger partial charge in [-0.3, -0.25) is 10.3 Å². The monoisotopic (exact) mass is 255 g/mol. The first-order valence-corrected chi connectivity index (χ1v) is 5.98. The molecule has 0 aromatic rings. The largest absolute Gasteiger partial charge is 0.264 e. The molecule has 0 unspecified atom stereocenters. The predicted molar refractivity (Wildman–Crippen MR) is 49.1 cm³/mol. The van der Waals surface area contributed by atoms with Crippen molar-refractivity contribution in [1.29, 1.82) is 0 Å². The third-order valence-corrected chi connectivity index (χ3v) is 4.14. The van der Waals surface area contributed by atoms with E-state index in [2.05, 4.69) is 21.4 Å². The lowest BCUT2D eigenvalue weighted by Gasteiger charge is -2.14. The molecule has 0 spiro atoms. The first kappa shape index (κ1) is 10.0. The van der Waals surface area contributed by atoms with Crippen molar-refractivity contribution >= 4 is 25.8 Å². The standard InChI is InChI=1S/C6H10BrNO3S/c1-6(2)4(7)5(8-11-6)12(3,9)10/h8H,1-3H3. The molecule has 0 saturated carbocycles. The van der Waals surface area contributed by atoms with Crippen LogP contribution in [0.25, 0.3) is 0 Å². The van der Waals surface area contributed by atoms with Gasteiger partial charge in [0.25, 0.3) is 0 Å². The second-order valence-electron chi connectivity index (χ2n) is 3.13. The maximum absolute atomic E-state index is 11.1. The molecule has 1 N–H and O–H groups in total. The van der Waals surface area contributed by atoms with Crippen molar-refractivity contribution in [3.63, 3.8) is 0 Å². The Balaban J connectivity index is 3.19. The first-order valence-electron chi connectivity index (χ1n) is 3.29. The fourth-order valence-corrected chi connectivity index (χ4v) is 2.58. The summed E-state index contributed by atoms with van der Waals surface area (Å²) in [5, 5.41) is 0.104. The maximum Gasteiger partial charge on any atom is 0.193 e. The normalized spacial score (nSPS) is 22.7. The number of hydroxylamine groups is 1. The zero-order valence-corrected chi connectivity index (χ0v) is 9.41. The highest BCUT2D eigenvalue weighted by atomic mass is 79.9. The van der Waals surface area contributed by atoms with Crippen LogP contribution in [0.2, 0.25) is 0 Å². The molecule has 0 atom stereocenters. The zero-order valence-electron chi connectivity index (χ0n) is 7.01. The van der Waals surface area contributed by atoms with Crippen molar-refractivity contribution in [3.8, 4) is 0 Å². The molecule has 6 heteroatoms. The van der Waals surface area contributed by atoms with Gasteiger partial charge in [-0.2, -0.15) is 0 Å². The lowest BCUT2D eigenvalue weighted by Crippen LogP contribution is -2.23. The summed E-state index contributed by atoms with van der Waals surface area (Å²) in [4.78, 5) is 5.04. The number of hydrogen-bond donors (Lipinski definition) is 1. The molecular formula is C6H10BrNO3S. The van der Waals surface area contributed by atoms with E-state index in [9.17, 15) is 8.42 Å². The molecule has 0 bridgehead atoms. The maximum atomic E-state index is 11.1. The minimum absolute atomic E-state index is 0.104. The van der Waals surface area contributed by atoms with E-state index < -0.39 is 15.4 Å². The number of halogens is 1. The van der Waals surface area contributed by atoms with Gasteiger partial charge in [0.1, 0.15) is 5.60 Å². The number of nitrogens with one attached hydrogen (secondary N) is 1. The molecule has 0 radical (unpaired) electrons. The van der Waals surface area contributed by atoms with Gasteiger partial charge in [0, 0.05) is 6.26 Å². The lowest BCUT2D eigenvalue weighted by atomic mass is 10.1. The predicted octanol–water partition coefficient (Wildman–Crippen LogP) is 0.908. The van der Waals surface area contributed by atoms with Crippen molar-refractivity contribution in [3.05, 3.63) is 9.51 Å². The minimum Gasteiger partial charge on any atom is -0.264 e. The van der Waals surface area contributed by atoms with E-state index in [1.807, 2.05) is 0 Å². The Morgan fingerprint density at radius 1 is 1.50 bits per heavy atom. The van der Waals surface area contributed by atoms with Crippen molar-refractivity contribution in [1.82, 2.24) is 5.48 Å². The Labute approximate surface area is 80.0 Å². The Morgan fingerprint density at radius 3 is 2.17 bits per heavy atom. The van der Waals surface area contributed by atoms with E-state index >= 15 is 0 Å². The number of hydrogen-bond acceptors (Lipinski definition) is 4. The molecule has 0 amide bonds. The van der Waals surface area contributed by atoms with Gasteiger partial charge in [-0.15, -0.1) is 0 Å². The fourth-order valence-electron chi connectivity index (χ4n) is 0.775. The molecule has 70 valence electrons. The Morgan fingerprint density at radius 2 is 2.00 bits per heavy atom. The van der Waals surface area contributed by atoms with E-state index in [0.717, 1.165) is 6.26 Å².